The van der Waals surface area contributed by atoms with Gasteiger partial charge in [0.15, 0.2) is 6.67 Å². The Morgan fingerprint density at radius 2 is 2.10 bits per heavy atom. The van der Waals surface area contributed by atoms with Crippen molar-refractivity contribution in [3.63, 3.8) is 0 Å². The molecule has 2 aromatic heterocycles. The Balaban J connectivity index is 0.000000806. The molecule has 3 aromatic rings. The van der Waals surface area contributed by atoms with Crippen molar-refractivity contribution in [1.29, 1.82) is 0 Å². The molecule has 3 heterocycles. The summed E-state index contributed by atoms with van der Waals surface area (Å²) >= 11 is 0. The molecule has 0 aliphatic carbocycles. The van der Waals surface area contributed by atoms with E-state index in [1.165, 1.54) is 18.3 Å². The molecule has 1 aliphatic heterocycles. The smallest absolute Gasteiger partial charge is 0.328 e. The van der Waals surface area contributed by atoms with Gasteiger partial charge >= 0.3 is 5.97 Å². The monoisotopic (exact) mass is 410 g/mol. The Hall–Kier alpha value is -3.55. The van der Waals surface area contributed by atoms with Crippen LogP contribution in [0, 0.1) is 0 Å². The predicted molar refractivity (Wildman–Crippen MR) is 110 cm³/mol. The number of rotatable bonds is 3. The van der Waals surface area contributed by atoms with Gasteiger partial charge in [-0.2, -0.15) is 0 Å². The van der Waals surface area contributed by atoms with Crippen LogP contribution in [0.2, 0.25) is 0 Å². The van der Waals surface area contributed by atoms with Gasteiger partial charge in [0.1, 0.15) is 18.4 Å². The largest absolute Gasteiger partial charge is 0.467 e. The number of amides is 1. The second-order valence-corrected chi connectivity index (χ2v) is 6.69. The molecule has 1 aliphatic rings. The minimum atomic E-state index is -1.22. The van der Waals surface area contributed by atoms with Crippen LogP contribution < -0.4 is 0 Å². The fourth-order valence-corrected chi connectivity index (χ4v) is 3.76. The molecule has 8 heteroatoms. The van der Waals surface area contributed by atoms with Crippen molar-refractivity contribution in [3.8, 4) is 0 Å². The number of carbonyl (C=O) groups is 2. The molecule has 0 spiro atoms. The van der Waals surface area contributed by atoms with Gasteiger partial charge in [0.2, 0.25) is 0 Å². The normalized spacial score (nSPS) is 17.5. The van der Waals surface area contributed by atoms with Crippen LogP contribution in [0.25, 0.3) is 10.9 Å². The predicted octanol–water partition coefficient (Wildman–Crippen LogP) is 3.14. The Morgan fingerprint density at radius 1 is 1.37 bits per heavy atom. The Bertz CT molecular complexity index is 1050. The zero-order chi connectivity index (χ0) is 21.7. The van der Waals surface area contributed by atoms with E-state index in [0.29, 0.717) is 5.69 Å². The maximum Gasteiger partial charge on any atom is 0.328 e. The van der Waals surface area contributed by atoms with Crippen molar-refractivity contribution in [1.82, 2.24) is 19.9 Å². The summed E-state index contributed by atoms with van der Waals surface area (Å²) in [5.41, 5.74) is 2.98. The highest BCUT2D eigenvalue weighted by Gasteiger charge is 2.44. The summed E-state index contributed by atoms with van der Waals surface area (Å²) in [5.74, 6) is -1.38. The number of esters is 1. The van der Waals surface area contributed by atoms with Crippen LogP contribution in [0.1, 0.15) is 29.9 Å². The van der Waals surface area contributed by atoms with E-state index in [9.17, 15) is 14.0 Å². The zero-order valence-corrected chi connectivity index (χ0v) is 16.8. The number of halogens is 1. The quantitative estimate of drug-likeness (QED) is 0.529. The lowest BCUT2D eigenvalue weighted by molar-refractivity contribution is -0.155. The molecular weight excluding hydrogens is 387 g/mol. The third-order valence-electron chi connectivity index (χ3n) is 4.89. The molecule has 0 saturated heterocycles. The van der Waals surface area contributed by atoms with Crippen LogP contribution in [-0.4, -0.2) is 51.6 Å². The van der Waals surface area contributed by atoms with Gasteiger partial charge in [0.05, 0.1) is 12.8 Å². The average Bonchev–Trinajstić information content (AvgIpc) is 3.16. The molecule has 156 valence electrons. The molecule has 4 rings (SSSR count). The van der Waals surface area contributed by atoms with E-state index >= 15 is 0 Å². The number of ether oxygens (including phenoxy) is 1. The lowest BCUT2D eigenvalue weighted by Crippen LogP contribution is -2.52. The van der Waals surface area contributed by atoms with Crippen molar-refractivity contribution in [2.24, 2.45) is 0 Å². The second kappa shape index (κ2) is 9.30. The van der Waals surface area contributed by atoms with Crippen molar-refractivity contribution >= 4 is 22.8 Å². The second-order valence-electron chi connectivity index (χ2n) is 6.69. The van der Waals surface area contributed by atoms with Crippen LogP contribution in [-0.2, 0) is 20.7 Å². The minimum Gasteiger partial charge on any atom is -0.467 e. The van der Waals surface area contributed by atoms with E-state index in [1.807, 2.05) is 31.2 Å². The van der Waals surface area contributed by atoms with E-state index < -0.39 is 30.6 Å². The minimum absolute atomic E-state index is 0.235. The SMILES string of the molecule is C=CC.COC(=O)C1Cc2c([nH]c3ccccc23)C(c2ccncn2)N1C(=O)CF. The Labute approximate surface area is 173 Å². The number of para-hydroxylation sites is 1. The first-order valence-electron chi connectivity index (χ1n) is 9.44. The number of aromatic amines is 1. The molecule has 1 aromatic carbocycles. The van der Waals surface area contributed by atoms with Gasteiger partial charge in [-0.1, -0.05) is 24.3 Å². The summed E-state index contributed by atoms with van der Waals surface area (Å²) in [7, 11) is 1.25. The first-order valence-corrected chi connectivity index (χ1v) is 9.44. The van der Waals surface area contributed by atoms with Gasteiger partial charge in [0.25, 0.3) is 5.91 Å². The third kappa shape index (κ3) is 3.80. The molecule has 7 nitrogen and oxygen atoms in total. The number of hydrogen-bond donors (Lipinski definition) is 1. The standard InChI is InChI=1S/C19H17FN4O3.C3H6/c1-27-19(26)15-8-12-11-4-2-3-5-13(11)23-17(12)18(24(15)16(25)9-20)14-6-7-21-10-22-14;1-3-2/h2-7,10,15,18,23H,8-9H2,1H3;3H,1H2,2H3. The van der Waals surface area contributed by atoms with Crippen LogP contribution >= 0.6 is 0 Å². The van der Waals surface area contributed by atoms with Gasteiger partial charge in [-0.15, -0.1) is 6.58 Å². The third-order valence-corrected chi connectivity index (χ3v) is 4.89. The first kappa shape index (κ1) is 21.2. The fourth-order valence-electron chi connectivity index (χ4n) is 3.76. The van der Waals surface area contributed by atoms with Gasteiger partial charge in [-0.3, -0.25) is 4.79 Å². The molecule has 2 atom stereocenters. The number of H-pyrrole nitrogens is 1. The lowest BCUT2D eigenvalue weighted by Gasteiger charge is -2.39. The van der Waals surface area contributed by atoms with Crippen LogP contribution in [0.15, 0.2) is 55.5 Å². The average molecular weight is 410 g/mol. The number of nitrogens with one attached hydrogen (secondary N) is 1. The van der Waals surface area contributed by atoms with E-state index in [1.54, 1.807) is 18.3 Å². The molecular formula is C22H23FN4O3. The van der Waals surface area contributed by atoms with Crippen LogP contribution in [0.4, 0.5) is 4.39 Å². The van der Waals surface area contributed by atoms with Gasteiger partial charge in [-0.25, -0.2) is 19.2 Å². The fraction of sp³-hybridized carbons (Fsp3) is 0.273. The maximum atomic E-state index is 13.4. The number of fused-ring (bicyclic) bond motifs is 3. The number of allylic oxidation sites excluding steroid dienone is 1. The molecule has 2 unspecified atom stereocenters. The summed E-state index contributed by atoms with van der Waals surface area (Å²) in [6.07, 6.45) is 4.89. The Morgan fingerprint density at radius 3 is 2.73 bits per heavy atom. The van der Waals surface area contributed by atoms with Crippen LogP contribution in [0.5, 0.6) is 0 Å². The van der Waals surface area contributed by atoms with Crippen molar-refractivity contribution < 1.29 is 18.7 Å². The topological polar surface area (TPSA) is 88.2 Å². The van der Waals surface area contributed by atoms with E-state index in [-0.39, 0.29) is 6.42 Å². The highest BCUT2D eigenvalue weighted by atomic mass is 19.1. The number of hydrogen-bond acceptors (Lipinski definition) is 5. The number of nitrogens with zero attached hydrogens (tertiary/aromatic N) is 3. The van der Waals surface area contributed by atoms with Gasteiger partial charge in [-0.05, 0) is 24.6 Å². The van der Waals surface area contributed by atoms with E-state index in [0.717, 1.165) is 22.2 Å². The summed E-state index contributed by atoms with van der Waals surface area (Å²) in [4.78, 5) is 37.7. The summed E-state index contributed by atoms with van der Waals surface area (Å²) in [5, 5.41) is 0.952. The van der Waals surface area contributed by atoms with Crippen LogP contribution in [0.3, 0.4) is 0 Å². The highest BCUT2D eigenvalue weighted by Crippen LogP contribution is 2.40. The molecule has 0 saturated carbocycles. The molecule has 30 heavy (non-hydrogen) atoms. The molecule has 0 fully saturated rings. The summed E-state index contributed by atoms with van der Waals surface area (Å²) in [6, 6.07) is 7.63. The molecule has 0 radical (unpaired) electrons. The zero-order valence-electron chi connectivity index (χ0n) is 16.8. The van der Waals surface area contributed by atoms with E-state index in [4.69, 9.17) is 4.74 Å². The van der Waals surface area contributed by atoms with Crippen molar-refractivity contribution in [2.45, 2.75) is 25.4 Å². The van der Waals surface area contributed by atoms with Gasteiger partial charge in [0, 0.05) is 29.2 Å². The molecule has 1 amide bonds. The van der Waals surface area contributed by atoms with E-state index in [2.05, 4.69) is 21.5 Å². The first-order chi connectivity index (χ1) is 14.6. The van der Waals surface area contributed by atoms with Gasteiger partial charge < -0.3 is 14.6 Å². The molecule has 1 N–H and O–H groups in total. The number of alkyl halides is 1. The Kier molecular flexibility index (Phi) is 6.56. The highest BCUT2D eigenvalue weighted by molar-refractivity contribution is 5.91. The summed E-state index contributed by atoms with van der Waals surface area (Å²) in [6.45, 7) is 4.03. The van der Waals surface area contributed by atoms with Crippen molar-refractivity contribution in [2.75, 3.05) is 13.8 Å². The summed E-state index contributed by atoms with van der Waals surface area (Å²) < 4.78 is 18.3. The number of methoxy groups -OCH3 is 1. The van der Waals surface area contributed by atoms with Crippen molar-refractivity contribution in [3.05, 3.63) is 72.5 Å². The molecule has 0 bridgehead atoms. The number of aromatic nitrogens is 3. The lowest BCUT2D eigenvalue weighted by atomic mass is 9.89. The number of carbonyl (C=O) groups excluding carboxylic acids is 2. The maximum absolute atomic E-state index is 13.4. The number of benzene rings is 1.